The lowest BCUT2D eigenvalue weighted by Crippen LogP contribution is -2.11. The van der Waals surface area contributed by atoms with Gasteiger partial charge < -0.3 is 5.11 Å². The second-order valence-electron chi connectivity index (χ2n) is 12.7. The maximum Gasteiger partial charge on any atom is 0.149 e. The number of imidazole rings is 1. The van der Waals surface area contributed by atoms with Crippen LogP contribution in [0.5, 0.6) is 5.75 Å². The Morgan fingerprint density at radius 2 is 1.36 bits per heavy atom. The third kappa shape index (κ3) is 4.73. The number of fused-ring (bicyclic) bond motifs is 2. The number of rotatable bonds is 4. The van der Waals surface area contributed by atoms with Gasteiger partial charge in [-0.25, -0.2) is 4.98 Å². The van der Waals surface area contributed by atoms with Crippen LogP contribution in [0.15, 0.2) is 115 Å². The van der Waals surface area contributed by atoms with Crippen molar-refractivity contribution in [1.29, 1.82) is 0 Å². The summed E-state index contributed by atoms with van der Waals surface area (Å²) in [4.78, 5) is 10.0. The van der Waals surface area contributed by atoms with Gasteiger partial charge in [-0.2, -0.15) is 0 Å². The molecule has 4 heteroatoms. The fourth-order valence-electron chi connectivity index (χ4n) is 6.15. The van der Waals surface area contributed by atoms with Gasteiger partial charge in [-0.05, 0) is 102 Å². The molecule has 44 heavy (non-hydrogen) atoms. The van der Waals surface area contributed by atoms with Crippen LogP contribution in [-0.4, -0.2) is 19.6 Å². The van der Waals surface area contributed by atoms with Gasteiger partial charge in [0.2, 0.25) is 0 Å². The highest BCUT2D eigenvalue weighted by atomic mass is 16.3. The maximum absolute atomic E-state index is 10.9. The number of pyridine rings is 1. The summed E-state index contributed by atoms with van der Waals surface area (Å²) < 4.78 is 2.16. The first kappa shape index (κ1) is 27.6. The summed E-state index contributed by atoms with van der Waals surface area (Å²) in [6.07, 6.45) is 1.89. The van der Waals surface area contributed by atoms with Gasteiger partial charge in [-0.1, -0.05) is 75.4 Å². The summed E-state index contributed by atoms with van der Waals surface area (Å²) >= 11 is 0. The summed E-state index contributed by atoms with van der Waals surface area (Å²) in [7, 11) is 0. The molecule has 0 aliphatic heterocycles. The van der Waals surface area contributed by atoms with E-state index in [0.29, 0.717) is 11.4 Å². The van der Waals surface area contributed by atoms with Gasteiger partial charge >= 0.3 is 0 Å². The Morgan fingerprint density at radius 1 is 0.659 bits per heavy atom. The average molecular weight is 574 g/mol. The fourth-order valence-corrected chi connectivity index (χ4v) is 6.15. The molecule has 1 N–H and O–H groups in total. The molecule has 2 aromatic heterocycles. The lowest BCUT2D eigenvalue weighted by atomic mass is 9.87. The zero-order chi connectivity index (χ0) is 30.6. The number of phenolic OH excluding ortho intramolecular Hbond substituents is 1. The Kier molecular flexibility index (Phi) is 6.58. The van der Waals surface area contributed by atoms with Crippen molar-refractivity contribution in [3.8, 4) is 45.1 Å². The minimum atomic E-state index is 0.0467. The second-order valence-corrected chi connectivity index (χ2v) is 12.7. The van der Waals surface area contributed by atoms with Crippen LogP contribution in [0.2, 0.25) is 0 Å². The summed E-state index contributed by atoms with van der Waals surface area (Å²) in [6.45, 7) is 10.9. The Morgan fingerprint density at radius 3 is 2.11 bits per heavy atom. The average Bonchev–Trinajstić information content (AvgIpc) is 3.41. The van der Waals surface area contributed by atoms with Gasteiger partial charge in [0, 0.05) is 28.4 Å². The molecule has 216 valence electrons. The number of hydrogen-bond acceptors (Lipinski definition) is 3. The van der Waals surface area contributed by atoms with Crippen molar-refractivity contribution in [2.75, 3.05) is 0 Å². The number of aryl methyl sites for hydroxylation is 2. The molecular weight excluding hydrogens is 538 g/mol. The highest BCUT2D eigenvalue weighted by molar-refractivity contribution is 5.99. The smallest absolute Gasteiger partial charge is 0.149 e. The van der Waals surface area contributed by atoms with Crippen LogP contribution in [-0.2, 0) is 5.41 Å². The molecule has 0 unspecified atom stereocenters. The van der Waals surface area contributed by atoms with Crippen molar-refractivity contribution in [2.45, 2.75) is 40.0 Å². The van der Waals surface area contributed by atoms with Crippen LogP contribution in [0, 0.1) is 13.8 Å². The predicted octanol–water partition coefficient (Wildman–Crippen LogP) is 10.2. The maximum atomic E-state index is 10.9. The molecule has 0 aliphatic carbocycles. The number of phenols is 1. The molecule has 0 fully saturated rings. The van der Waals surface area contributed by atoms with E-state index in [4.69, 9.17) is 9.97 Å². The minimum absolute atomic E-state index is 0.0467. The van der Waals surface area contributed by atoms with Gasteiger partial charge in [0.15, 0.2) is 0 Å². The van der Waals surface area contributed by atoms with E-state index in [-0.39, 0.29) is 11.2 Å². The van der Waals surface area contributed by atoms with Crippen LogP contribution in [0.25, 0.3) is 61.3 Å². The van der Waals surface area contributed by atoms with Crippen LogP contribution in [0.4, 0.5) is 0 Å². The molecule has 0 atom stereocenters. The number of aromatic hydroxyl groups is 1. The van der Waals surface area contributed by atoms with E-state index in [2.05, 4.69) is 124 Å². The Balaban J connectivity index is 1.45. The van der Waals surface area contributed by atoms with Gasteiger partial charge in [0.05, 0.1) is 22.1 Å². The van der Waals surface area contributed by atoms with Crippen molar-refractivity contribution >= 4 is 21.9 Å². The third-order valence-corrected chi connectivity index (χ3v) is 8.51. The summed E-state index contributed by atoms with van der Waals surface area (Å²) in [5.41, 5.74) is 12.6. The molecule has 0 radical (unpaired) electrons. The van der Waals surface area contributed by atoms with Crippen LogP contribution in [0.3, 0.4) is 0 Å². The van der Waals surface area contributed by atoms with Crippen molar-refractivity contribution in [3.63, 3.8) is 0 Å². The molecule has 0 saturated heterocycles. The molecule has 0 amide bonds. The van der Waals surface area contributed by atoms with E-state index in [1.165, 1.54) is 22.1 Å². The Hall–Kier alpha value is -5.22. The Labute approximate surface area is 258 Å². The number of nitrogens with zero attached hydrogens (tertiary/aromatic N) is 3. The van der Waals surface area contributed by atoms with E-state index in [9.17, 15) is 5.11 Å². The lowest BCUT2D eigenvalue weighted by molar-refractivity contribution is 0.477. The summed E-state index contributed by atoms with van der Waals surface area (Å²) in [6, 6.07) is 37.6. The highest BCUT2D eigenvalue weighted by Gasteiger charge is 2.21. The lowest BCUT2D eigenvalue weighted by Gasteiger charge is -2.19. The first-order chi connectivity index (χ1) is 21.2. The number of hydrogen-bond donors (Lipinski definition) is 1. The largest absolute Gasteiger partial charge is 0.507 e. The normalized spacial score (nSPS) is 11.8. The molecular formula is C40H35N3O. The third-order valence-electron chi connectivity index (χ3n) is 8.51. The van der Waals surface area contributed by atoms with E-state index in [1.54, 1.807) is 6.07 Å². The van der Waals surface area contributed by atoms with Gasteiger partial charge in [0.25, 0.3) is 0 Å². The van der Waals surface area contributed by atoms with Crippen molar-refractivity contribution in [1.82, 2.24) is 14.5 Å². The molecule has 0 aliphatic rings. The van der Waals surface area contributed by atoms with Crippen LogP contribution in [0.1, 0.15) is 37.5 Å². The van der Waals surface area contributed by atoms with Gasteiger partial charge in [0.1, 0.15) is 11.6 Å². The van der Waals surface area contributed by atoms with E-state index >= 15 is 0 Å². The minimum Gasteiger partial charge on any atom is -0.507 e. The first-order valence-corrected chi connectivity index (χ1v) is 15.1. The molecule has 4 nitrogen and oxygen atoms in total. The van der Waals surface area contributed by atoms with E-state index in [1.807, 2.05) is 24.4 Å². The molecule has 7 rings (SSSR count). The van der Waals surface area contributed by atoms with E-state index < -0.39 is 0 Å². The quantitative estimate of drug-likeness (QED) is 0.228. The standard InChI is InChI=1S/C40H35N3O/c1-25-22-33-26(2)20-21-41-37(33)34(23-25)28-11-8-10-27(24-28)31-13-9-14-35-38(31)42-39(32-12-6-7-15-36(32)44)43(35)30-18-16-29(17-19-30)40(3,4)5/h6-24,44H,1-5H3. The molecule has 0 spiro atoms. The van der Waals surface area contributed by atoms with Crippen molar-refractivity contribution in [3.05, 3.63) is 132 Å². The second kappa shape index (κ2) is 10.5. The van der Waals surface area contributed by atoms with E-state index in [0.717, 1.165) is 44.5 Å². The van der Waals surface area contributed by atoms with Gasteiger partial charge in [-0.3, -0.25) is 9.55 Å². The highest BCUT2D eigenvalue weighted by Crippen LogP contribution is 2.39. The topological polar surface area (TPSA) is 50.9 Å². The summed E-state index contributed by atoms with van der Waals surface area (Å²) in [5, 5.41) is 12.1. The molecule has 5 aromatic carbocycles. The zero-order valence-corrected chi connectivity index (χ0v) is 25.8. The SMILES string of the molecule is Cc1cc(-c2cccc(-c3cccc4c3nc(-c3ccccc3O)n4-c3ccc(C(C)(C)C)cc3)c2)c2nccc(C)c2c1. The number of benzene rings is 5. The van der Waals surface area contributed by atoms with Crippen LogP contribution >= 0.6 is 0 Å². The van der Waals surface area contributed by atoms with Crippen molar-refractivity contribution in [2.24, 2.45) is 0 Å². The van der Waals surface area contributed by atoms with Gasteiger partial charge in [-0.15, -0.1) is 0 Å². The molecule has 2 heterocycles. The first-order valence-electron chi connectivity index (χ1n) is 15.1. The zero-order valence-electron chi connectivity index (χ0n) is 25.8. The molecule has 0 bridgehead atoms. The summed E-state index contributed by atoms with van der Waals surface area (Å²) in [5.74, 6) is 0.905. The predicted molar refractivity (Wildman–Crippen MR) is 183 cm³/mol. The Bertz CT molecular complexity index is 2180. The van der Waals surface area contributed by atoms with Crippen molar-refractivity contribution < 1.29 is 5.11 Å². The molecule has 7 aromatic rings. The monoisotopic (exact) mass is 573 g/mol. The molecule has 0 saturated carbocycles. The van der Waals surface area contributed by atoms with Crippen LogP contribution < -0.4 is 0 Å². The fraction of sp³-hybridized carbons (Fsp3) is 0.150. The number of para-hydroxylation sites is 2. The number of aromatic nitrogens is 3.